The minimum atomic E-state index is 0. The lowest BCUT2D eigenvalue weighted by Gasteiger charge is -2.04. The normalized spacial score (nSPS) is 9.53. The second-order valence-electron chi connectivity index (χ2n) is 3.65. The summed E-state index contributed by atoms with van der Waals surface area (Å²) < 4.78 is 1.03. The van der Waals surface area contributed by atoms with Crippen LogP contribution in [0.2, 0.25) is 0 Å². The second kappa shape index (κ2) is 9.45. The summed E-state index contributed by atoms with van der Waals surface area (Å²) in [5, 5.41) is 2.87. The average Bonchev–Trinajstić information content (AvgIpc) is 2.28. The highest BCUT2D eigenvalue weighted by atomic mass is 79.9. The van der Waals surface area contributed by atoms with Gasteiger partial charge in [0.2, 0.25) is 5.91 Å². The third-order valence-electron chi connectivity index (χ3n) is 2.23. The third-order valence-corrected chi connectivity index (χ3v) is 2.76. The smallest absolute Gasteiger partial charge is 0.224 e. The Morgan fingerprint density at radius 2 is 1.88 bits per heavy atom. The number of amides is 1. The fourth-order valence-corrected chi connectivity index (χ4v) is 1.61. The number of hydrogen-bond acceptors (Lipinski definition) is 2. The standard InChI is InChI=1S/C12H17BrN2O.ClH/c13-11-5-3-10(4-6-11)9-12(16)15-8-2-1-7-14;/h3-6H,1-2,7-9,14H2,(H,15,16);1H. The molecule has 0 aromatic heterocycles. The monoisotopic (exact) mass is 320 g/mol. The van der Waals surface area contributed by atoms with Crippen molar-refractivity contribution in [2.24, 2.45) is 5.73 Å². The molecule has 0 aliphatic rings. The molecule has 0 aliphatic heterocycles. The van der Waals surface area contributed by atoms with Gasteiger partial charge in [0.1, 0.15) is 0 Å². The van der Waals surface area contributed by atoms with Gasteiger partial charge in [0.25, 0.3) is 0 Å². The predicted molar refractivity (Wildman–Crippen MR) is 76.4 cm³/mol. The maximum Gasteiger partial charge on any atom is 0.224 e. The van der Waals surface area contributed by atoms with E-state index in [-0.39, 0.29) is 18.3 Å². The fourth-order valence-electron chi connectivity index (χ4n) is 1.35. The van der Waals surface area contributed by atoms with Crippen molar-refractivity contribution < 1.29 is 4.79 Å². The molecule has 0 saturated carbocycles. The minimum Gasteiger partial charge on any atom is -0.356 e. The highest BCUT2D eigenvalue weighted by Gasteiger charge is 2.02. The molecular formula is C12H18BrClN2O. The first-order valence-corrected chi connectivity index (χ1v) is 6.23. The van der Waals surface area contributed by atoms with Gasteiger partial charge in [-0.25, -0.2) is 0 Å². The van der Waals surface area contributed by atoms with Gasteiger partial charge in [-0.1, -0.05) is 28.1 Å². The molecule has 0 unspecified atom stereocenters. The van der Waals surface area contributed by atoms with Gasteiger partial charge >= 0.3 is 0 Å². The van der Waals surface area contributed by atoms with E-state index in [0.29, 0.717) is 19.5 Å². The van der Waals surface area contributed by atoms with Crippen LogP contribution in [0.1, 0.15) is 18.4 Å². The molecule has 1 aromatic carbocycles. The van der Waals surface area contributed by atoms with Crippen molar-refractivity contribution in [1.82, 2.24) is 5.32 Å². The molecule has 0 atom stereocenters. The molecular weight excluding hydrogens is 304 g/mol. The fraction of sp³-hybridized carbons (Fsp3) is 0.417. The van der Waals surface area contributed by atoms with E-state index in [1.807, 2.05) is 24.3 Å². The molecule has 0 saturated heterocycles. The number of benzene rings is 1. The van der Waals surface area contributed by atoms with Crippen LogP contribution in [0.3, 0.4) is 0 Å². The van der Waals surface area contributed by atoms with E-state index >= 15 is 0 Å². The summed E-state index contributed by atoms with van der Waals surface area (Å²) in [7, 11) is 0. The molecule has 0 fully saturated rings. The maximum atomic E-state index is 11.5. The van der Waals surface area contributed by atoms with Crippen LogP contribution in [0.25, 0.3) is 0 Å². The lowest BCUT2D eigenvalue weighted by molar-refractivity contribution is -0.120. The first-order valence-electron chi connectivity index (χ1n) is 5.43. The maximum absolute atomic E-state index is 11.5. The summed E-state index contributed by atoms with van der Waals surface area (Å²) in [4.78, 5) is 11.5. The van der Waals surface area contributed by atoms with Gasteiger partial charge in [0.15, 0.2) is 0 Å². The van der Waals surface area contributed by atoms with Crippen molar-refractivity contribution in [2.45, 2.75) is 19.3 Å². The molecule has 5 heteroatoms. The number of nitrogens with one attached hydrogen (secondary N) is 1. The lowest BCUT2D eigenvalue weighted by Crippen LogP contribution is -2.26. The van der Waals surface area contributed by atoms with Gasteiger partial charge in [-0.2, -0.15) is 0 Å². The van der Waals surface area contributed by atoms with Crippen molar-refractivity contribution in [3.63, 3.8) is 0 Å². The Hall–Kier alpha value is -0.580. The van der Waals surface area contributed by atoms with Crippen molar-refractivity contribution in [1.29, 1.82) is 0 Å². The van der Waals surface area contributed by atoms with Crippen molar-refractivity contribution in [3.8, 4) is 0 Å². The first kappa shape index (κ1) is 16.4. The summed E-state index contributed by atoms with van der Waals surface area (Å²) in [5.74, 6) is 0.0688. The van der Waals surface area contributed by atoms with E-state index in [4.69, 9.17) is 5.73 Å². The Morgan fingerprint density at radius 3 is 2.47 bits per heavy atom. The predicted octanol–water partition coefficient (Wildman–Crippen LogP) is 2.27. The summed E-state index contributed by atoms with van der Waals surface area (Å²) >= 11 is 3.36. The number of halogens is 2. The number of unbranched alkanes of at least 4 members (excludes halogenated alkanes) is 1. The largest absolute Gasteiger partial charge is 0.356 e. The van der Waals surface area contributed by atoms with Crippen LogP contribution >= 0.6 is 28.3 Å². The van der Waals surface area contributed by atoms with Crippen LogP contribution in [-0.2, 0) is 11.2 Å². The van der Waals surface area contributed by atoms with Gasteiger partial charge < -0.3 is 11.1 Å². The quantitative estimate of drug-likeness (QED) is 0.790. The van der Waals surface area contributed by atoms with Crippen LogP contribution in [0.4, 0.5) is 0 Å². The van der Waals surface area contributed by atoms with Crippen molar-refractivity contribution >= 4 is 34.2 Å². The van der Waals surface area contributed by atoms with Gasteiger partial charge in [0, 0.05) is 11.0 Å². The molecule has 0 heterocycles. The zero-order valence-corrected chi connectivity index (χ0v) is 12.0. The molecule has 1 rings (SSSR count). The lowest BCUT2D eigenvalue weighted by atomic mass is 10.1. The van der Waals surface area contributed by atoms with Gasteiger partial charge in [-0.05, 0) is 37.1 Å². The second-order valence-corrected chi connectivity index (χ2v) is 4.56. The van der Waals surface area contributed by atoms with E-state index in [1.165, 1.54) is 0 Å². The molecule has 0 aliphatic carbocycles. The molecule has 0 radical (unpaired) electrons. The topological polar surface area (TPSA) is 55.1 Å². The first-order chi connectivity index (χ1) is 7.72. The zero-order chi connectivity index (χ0) is 11.8. The Balaban J connectivity index is 0.00000256. The molecule has 1 aromatic rings. The van der Waals surface area contributed by atoms with Crippen LogP contribution in [0.5, 0.6) is 0 Å². The molecule has 3 nitrogen and oxygen atoms in total. The Morgan fingerprint density at radius 1 is 1.24 bits per heavy atom. The number of carbonyl (C=O) groups is 1. The van der Waals surface area contributed by atoms with Crippen molar-refractivity contribution in [3.05, 3.63) is 34.3 Å². The SMILES string of the molecule is Cl.NCCCCNC(=O)Cc1ccc(Br)cc1. The van der Waals surface area contributed by atoms with Crippen LogP contribution < -0.4 is 11.1 Å². The molecule has 3 N–H and O–H groups in total. The van der Waals surface area contributed by atoms with E-state index in [9.17, 15) is 4.79 Å². The number of hydrogen-bond donors (Lipinski definition) is 2. The summed E-state index contributed by atoms with van der Waals surface area (Å²) in [5.41, 5.74) is 6.39. The van der Waals surface area contributed by atoms with E-state index < -0.39 is 0 Å². The summed E-state index contributed by atoms with van der Waals surface area (Å²) in [6.45, 7) is 1.40. The highest BCUT2D eigenvalue weighted by molar-refractivity contribution is 9.10. The van der Waals surface area contributed by atoms with Crippen LogP contribution in [0, 0.1) is 0 Å². The van der Waals surface area contributed by atoms with Gasteiger partial charge in [0.05, 0.1) is 6.42 Å². The molecule has 96 valence electrons. The Bertz CT molecular complexity index is 330. The minimum absolute atomic E-state index is 0. The number of nitrogens with two attached hydrogens (primary N) is 1. The molecule has 17 heavy (non-hydrogen) atoms. The summed E-state index contributed by atoms with van der Waals surface area (Å²) in [6.07, 6.45) is 2.34. The summed E-state index contributed by atoms with van der Waals surface area (Å²) in [6, 6.07) is 7.78. The number of carbonyl (C=O) groups excluding carboxylic acids is 1. The Labute approximate surface area is 117 Å². The Kier molecular flexibility index (Phi) is 9.13. The van der Waals surface area contributed by atoms with E-state index in [2.05, 4.69) is 21.2 Å². The van der Waals surface area contributed by atoms with Crippen LogP contribution in [-0.4, -0.2) is 19.0 Å². The highest BCUT2D eigenvalue weighted by Crippen LogP contribution is 2.10. The van der Waals surface area contributed by atoms with Crippen molar-refractivity contribution in [2.75, 3.05) is 13.1 Å². The third kappa shape index (κ3) is 7.36. The number of rotatable bonds is 6. The molecule has 0 bridgehead atoms. The van der Waals surface area contributed by atoms with Gasteiger partial charge in [-0.15, -0.1) is 12.4 Å². The molecule has 0 spiro atoms. The average molecular weight is 322 g/mol. The van der Waals surface area contributed by atoms with Gasteiger partial charge in [-0.3, -0.25) is 4.79 Å². The van der Waals surface area contributed by atoms with Crippen LogP contribution in [0.15, 0.2) is 28.7 Å². The van der Waals surface area contributed by atoms with E-state index in [0.717, 1.165) is 22.9 Å². The van der Waals surface area contributed by atoms with E-state index in [1.54, 1.807) is 0 Å². The zero-order valence-electron chi connectivity index (χ0n) is 9.62. The molecule has 1 amide bonds.